The van der Waals surface area contributed by atoms with Crippen molar-refractivity contribution in [1.29, 1.82) is 0 Å². The first kappa shape index (κ1) is 17.8. The average Bonchev–Trinajstić information content (AvgIpc) is 2.54. The van der Waals surface area contributed by atoms with E-state index in [1.807, 2.05) is 6.92 Å². The number of nitrogens with zero attached hydrogens (tertiary/aromatic N) is 1. The Kier molecular flexibility index (Phi) is 6.42. The highest BCUT2D eigenvalue weighted by molar-refractivity contribution is 6.30. The number of ether oxygens (including phenoxy) is 1. The number of rotatable bonds is 5. The van der Waals surface area contributed by atoms with Gasteiger partial charge in [-0.1, -0.05) is 17.7 Å². The third-order valence-corrected chi connectivity index (χ3v) is 4.43. The summed E-state index contributed by atoms with van der Waals surface area (Å²) in [5, 5.41) is 3.39. The van der Waals surface area contributed by atoms with Gasteiger partial charge >= 0.3 is 0 Å². The molecule has 5 nitrogen and oxygen atoms in total. The van der Waals surface area contributed by atoms with E-state index in [0.717, 1.165) is 12.8 Å². The maximum atomic E-state index is 12.7. The van der Waals surface area contributed by atoms with Crippen LogP contribution >= 0.6 is 11.6 Å². The van der Waals surface area contributed by atoms with Gasteiger partial charge in [0.25, 0.3) is 5.91 Å². The number of halogens is 1. The smallest absolute Gasteiger partial charge is 0.254 e. The number of benzene rings is 1. The van der Waals surface area contributed by atoms with Crippen LogP contribution in [0.25, 0.3) is 0 Å². The molecule has 1 fully saturated rings. The van der Waals surface area contributed by atoms with Crippen molar-refractivity contribution in [1.82, 2.24) is 10.2 Å². The van der Waals surface area contributed by atoms with Gasteiger partial charge in [0.2, 0.25) is 5.91 Å². The van der Waals surface area contributed by atoms with Gasteiger partial charge < -0.3 is 15.0 Å². The van der Waals surface area contributed by atoms with E-state index < -0.39 is 0 Å². The lowest BCUT2D eigenvalue weighted by molar-refractivity contribution is -0.126. The summed E-state index contributed by atoms with van der Waals surface area (Å²) in [5.74, 6) is -0.265. The zero-order valence-electron chi connectivity index (χ0n) is 13.5. The molecule has 0 radical (unpaired) electrons. The molecule has 1 N–H and O–H groups in total. The molecule has 0 saturated carbocycles. The fraction of sp³-hybridized carbons (Fsp3) is 0.529. The van der Waals surface area contributed by atoms with Crippen LogP contribution in [0.2, 0.25) is 5.02 Å². The summed E-state index contributed by atoms with van der Waals surface area (Å²) >= 11 is 5.97. The highest BCUT2D eigenvalue weighted by atomic mass is 35.5. The number of carbonyl (C=O) groups is 2. The van der Waals surface area contributed by atoms with Crippen molar-refractivity contribution in [3.8, 4) is 0 Å². The summed E-state index contributed by atoms with van der Waals surface area (Å²) < 4.78 is 4.93. The standard InChI is InChI=1S/C17H23ClN2O3/c1-12-6-7-14(16(21)19-8-9-23-2)11-20(12)17(22)13-4-3-5-15(18)10-13/h3-5,10,12,14H,6-9,11H2,1-2H3,(H,19,21)/t12-,14+/m0/s1. The Bertz CT molecular complexity index is 565. The molecule has 6 heteroatoms. The SMILES string of the molecule is COCCNC(=O)[C@@H]1CC[C@H](C)N(C(=O)c2cccc(Cl)c2)C1. The van der Waals surface area contributed by atoms with Crippen molar-refractivity contribution in [3.05, 3.63) is 34.9 Å². The van der Waals surface area contributed by atoms with Crippen molar-refractivity contribution in [2.75, 3.05) is 26.8 Å². The summed E-state index contributed by atoms with van der Waals surface area (Å²) in [6.07, 6.45) is 1.61. The second-order valence-electron chi connectivity index (χ2n) is 5.87. The van der Waals surface area contributed by atoms with Crippen LogP contribution in [0.3, 0.4) is 0 Å². The van der Waals surface area contributed by atoms with Crippen LogP contribution in [0.15, 0.2) is 24.3 Å². The fourth-order valence-corrected chi connectivity index (χ4v) is 3.00. The van der Waals surface area contributed by atoms with Gasteiger partial charge in [0.15, 0.2) is 0 Å². The van der Waals surface area contributed by atoms with Crippen LogP contribution in [0.1, 0.15) is 30.1 Å². The summed E-state index contributed by atoms with van der Waals surface area (Å²) in [6, 6.07) is 7.04. The van der Waals surface area contributed by atoms with Gasteiger partial charge in [0.05, 0.1) is 12.5 Å². The second kappa shape index (κ2) is 8.31. The Morgan fingerprint density at radius 2 is 2.17 bits per heavy atom. The van der Waals surface area contributed by atoms with Gasteiger partial charge in [-0.05, 0) is 38.0 Å². The predicted octanol–water partition coefficient (Wildman–Crippen LogP) is 2.34. The quantitative estimate of drug-likeness (QED) is 0.838. The molecule has 0 aromatic heterocycles. The molecule has 1 heterocycles. The van der Waals surface area contributed by atoms with Crippen LogP contribution < -0.4 is 5.32 Å². The van der Waals surface area contributed by atoms with Crippen molar-refractivity contribution < 1.29 is 14.3 Å². The van der Waals surface area contributed by atoms with Crippen LogP contribution in [0.4, 0.5) is 0 Å². The maximum absolute atomic E-state index is 12.7. The summed E-state index contributed by atoms with van der Waals surface area (Å²) in [7, 11) is 1.60. The molecule has 2 amide bonds. The minimum absolute atomic E-state index is 0.0159. The number of hydrogen-bond acceptors (Lipinski definition) is 3. The number of carbonyl (C=O) groups excluding carboxylic acids is 2. The zero-order chi connectivity index (χ0) is 16.8. The van der Waals surface area contributed by atoms with Gasteiger partial charge in [0, 0.05) is 36.8 Å². The Hall–Kier alpha value is -1.59. The normalized spacial score (nSPS) is 21.1. The number of methoxy groups -OCH3 is 1. The van der Waals surface area contributed by atoms with Crippen LogP contribution in [0, 0.1) is 5.92 Å². The second-order valence-corrected chi connectivity index (χ2v) is 6.31. The highest BCUT2D eigenvalue weighted by Gasteiger charge is 2.32. The van der Waals surface area contributed by atoms with E-state index in [4.69, 9.17) is 16.3 Å². The van der Waals surface area contributed by atoms with E-state index in [9.17, 15) is 9.59 Å². The maximum Gasteiger partial charge on any atom is 0.254 e. The van der Waals surface area contributed by atoms with Gasteiger partial charge in [-0.3, -0.25) is 9.59 Å². The first-order valence-electron chi connectivity index (χ1n) is 7.86. The molecule has 0 unspecified atom stereocenters. The van der Waals surface area contributed by atoms with E-state index in [-0.39, 0.29) is 23.8 Å². The third-order valence-electron chi connectivity index (χ3n) is 4.19. The first-order chi connectivity index (χ1) is 11.0. The molecule has 0 spiro atoms. The lowest BCUT2D eigenvalue weighted by Gasteiger charge is -2.37. The van der Waals surface area contributed by atoms with Gasteiger partial charge in [0.1, 0.15) is 0 Å². The topological polar surface area (TPSA) is 58.6 Å². The molecule has 23 heavy (non-hydrogen) atoms. The molecule has 2 atom stereocenters. The molecule has 0 aliphatic carbocycles. The van der Waals surface area contributed by atoms with E-state index in [1.54, 1.807) is 36.3 Å². The molecule has 1 aromatic rings. The molecule has 1 aromatic carbocycles. The van der Waals surface area contributed by atoms with Gasteiger partial charge in [-0.25, -0.2) is 0 Å². The van der Waals surface area contributed by atoms with Crippen molar-refractivity contribution in [2.24, 2.45) is 5.92 Å². The molecule has 1 saturated heterocycles. The molecule has 1 aliphatic rings. The van der Waals surface area contributed by atoms with Crippen LogP contribution in [-0.4, -0.2) is 49.6 Å². The Morgan fingerprint density at radius 3 is 2.87 bits per heavy atom. The summed E-state index contributed by atoms with van der Waals surface area (Å²) in [5.41, 5.74) is 0.560. The third kappa shape index (κ3) is 4.69. The van der Waals surface area contributed by atoms with Crippen LogP contribution in [-0.2, 0) is 9.53 Å². The lowest BCUT2D eigenvalue weighted by atomic mass is 9.92. The molecular formula is C17H23ClN2O3. The fourth-order valence-electron chi connectivity index (χ4n) is 2.81. The van der Waals surface area contributed by atoms with Crippen molar-refractivity contribution in [2.45, 2.75) is 25.8 Å². The van der Waals surface area contributed by atoms with E-state index in [1.165, 1.54) is 0 Å². The molecule has 2 rings (SSSR count). The Balaban J connectivity index is 2.03. The minimum Gasteiger partial charge on any atom is -0.383 e. The molecule has 0 bridgehead atoms. The van der Waals surface area contributed by atoms with Crippen LogP contribution in [0.5, 0.6) is 0 Å². The number of nitrogens with one attached hydrogen (secondary N) is 1. The Morgan fingerprint density at radius 1 is 1.39 bits per heavy atom. The summed E-state index contributed by atoms with van der Waals surface area (Å²) in [6.45, 7) is 3.43. The number of likely N-dealkylation sites (tertiary alicyclic amines) is 1. The average molecular weight is 339 g/mol. The predicted molar refractivity (Wildman–Crippen MR) is 89.6 cm³/mol. The van der Waals surface area contributed by atoms with E-state index in [0.29, 0.717) is 30.3 Å². The molecular weight excluding hydrogens is 316 g/mol. The lowest BCUT2D eigenvalue weighted by Crippen LogP contribution is -2.49. The van der Waals surface area contributed by atoms with Gasteiger partial charge in [-0.15, -0.1) is 0 Å². The van der Waals surface area contributed by atoms with Gasteiger partial charge in [-0.2, -0.15) is 0 Å². The first-order valence-corrected chi connectivity index (χ1v) is 8.24. The zero-order valence-corrected chi connectivity index (χ0v) is 14.3. The highest BCUT2D eigenvalue weighted by Crippen LogP contribution is 2.24. The Labute approximate surface area is 141 Å². The van der Waals surface area contributed by atoms with E-state index >= 15 is 0 Å². The molecule has 1 aliphatic heterocycles. The molecule has 126 valence electrons. The number of piperidine rings is 1. The monoisotopic (exact) mass is 338 g/mol. The largest absolute Gasteiger partial charge is 0.383 e. The van der Waals surface area contributed by atoms with Crippen molar-refractivity contribution in [3.63, 3.8) is 0 Å². The minimum atomic E-state index is -0.175. The van der Waals surface area contributed by atoms with Crippen molar-refractivity contribution >= 4 is 23.4 Å². The summed E-state index contributed by atoms with van der Waals surface area (Å²) in [4.78, 5) is 26.7. The van der Waals surface area contributed by atoms with E-state index in [2.05, 4.69) is 5.32 Å². The number of amides is 2. The number of hydrogen-bond donors (Lipinski definition) is 1.